The van der Waals surface area contributed by atoms with Crippen molar-refractivity contribution >= 4 is 40.5 Å². The van der Waals surface area contributed by atoms with Crippen LogP contribution >= 0.6 is 22.9 Å². The number of rotatable bonds is 7. The lowest BCUT2D eigenvalue weighted by Crippen LogP contribution is -1.97. The third kappa shape index (κ3) is 4.47. The standard InChI is InChI=1S/C21H16ClNO4S/c22-12-11-15-13-14(5-8-19(15)24)20(25)9-6-16-7-10-21(28-16)17-3-1-2-4-18(17)23(26)27/h1-10,13,24H,11-12H2. The number of nitro benzene ring substituents is 1. The third-order valence-corrected chi connectivity index (χ3v) is 5.39. The average Bonchev–Trinajstić information content (AvgIpc) is 3.17. The molecule has 1 heterocycles. The van der Waals surface area contributed by atoms with Gasteiger partial charge in [-0.3, -0.25) is 14.9 Å². The Hall–Kier alpha value is -2.96. The largest absolute Gasteiger partial charge is 0.508 e. The van der Waals surface area contributed by atoms with Gasteiger partial charge in [0.2, 0.25) is 0 Å². The molecule has 7 heteroatoms. The number of para-hydroxylation sites is 1. The van der Waals surface area contributed by atoms with Crippen molar-refractivity contribution in [2.24, 2.45) is 0 Å². The average molecular weight is 414 g/mol. The summed E-state index contributed by atoms with van der Waals surface area (Å²) in [5, 5.41) is 21.0. The molecule has 0 saturated carbocycles. The van der Waals surface area contributed by atoms with Gasteiger partial charge in [-0.1, -0.05) is 12.1 Å². The molecule has 0 fully saturated rings. The fraction of sp³-hybridized carbons (Fsp3) is 0.0952. The first-order valence-electron chi connectivity index (χ1n) is 8.43. The summed E-state index contributed by atoms with van der Waals surface area (Å²) in [7, 11) is 0. The molecule has 0 aliphatic heterocycles. The van der Waals surface area contributed by atoms with E-state index in [4.69, 9.17) is 11.6 Å². The minimum Gasteiger partial charge on any atom is -0.508 e. The molecule has 1 aromatic heterocycles. The first-order valence-corrected chi connectivity index (χ1v) is 9.78. The topological polar surface area (TPSA) is 80.4 Å². The number of hydrogen-bond donors (Lipinski definition) is 1. The Morgan fingerprint density at radius 3 is 2.71 bits per heavy atom. The van der Waals surface area contributed by atoms with Gasteiger partial charge in [0, 0.05) is 27.3 Å². The van der Waals surface area contributed by atoms with Gasteiger partial charge in [-0.2, -0.15) is 0 Å². The van der Waals surface area contributed by atoms with Gasteiger partial charge in [0.1, 0.15) is 5.75 Å². The number of carbonyl (C=O) groups excluding carboxylic acids is 1. The van der Waals surface area contributed by atoms with Crippen LogP contribution in [0, 0.1) is 10.1 Å². The van der Waals surface area contributed by atoms with E-state index < -0.39 is 4.92 Å². The van der Waals surface area contributed by atoms with E-state index in [0.717, 1.165) is 9.75 Å². The summed E-state index contributed by atoms with van der Waals surface area (Å²) in [5.74, 6) is 0.273. The number of thiophene rings is 1. The molecule has 3 rings (SSSR count). The number of ketones is 1. The fourth-order valence-corrected chi connectivity index (χ4v) is 3.87. The summed E-state index contributed by atoms with van der Waals surface area (Å²) in [6.07, 6.45) is 3.60. The van der Waals surface area contributed by atoms with E-state index in [0.29, 0.717) is 29.0 Å². The van der Waals surface area contributed by atoms with Gasteiger partial charge in [-0.05, 0) is 60.5 Å². The van der Waals surface area contributed by atoms with Gasteiger partial charge in [0.15, 0.2) is 5.78 Å². The lowest BCUT2D eigenvalue weighted by atomic mass is 10.0. The zero-order valence-electron chi connectivity index (χ0n) is 14.7. The van der Waals surface area contributed by atoms with Crippen LogP contribution in [0.1, 0.15) is 20.8 Å². The van der Waals surface area contributed by atoms with Crippen molar-refractivity contribution in [1.29, 1.82) is 0 Å². The summed E-state index contributed by atoms with van der Waals surface area (Å²) in [5.41, 5.74) is 1.69. The molecule has 0 aliphatic rings. The molecule has 0 spiro atoms. The lowest BCUT2D eigenvalue weighted by Gasteiger charge is -2.04. The number of nitrogens with zero attached hydrogens (tertiary/aromatic N) is 1. The molecule has 0 radical (unpaired) electrons. The van der Waals surface area contributed by atoms with Crippen LogP contribution in [-0.2, 0) is 6.42 Å². The number of phenolic OH excluding ortho intramolecular Hbond substituents is 1. The molecular formula is C21H16ClNO4S. The summed E-state index contributed by atoms with van der Waals surface area (Å²) >= 11 is 7.08. The Morgan fingerprint density at radius 1 is 1.18 bits per heavy atom. The molecule has 0 bridgehead atoms. The zero-order valence-corrected chi connectivity index (χ0v) is 16.2. The first kappa shape index (κ1) is 19.8. The van der Waals surface area contributed by atoms with Crippen LogP contribution < -0.4 is 0 Å². The van der Waals surface area contributed by atoms with Crippen LogP contribution in [0.4, 0.5) is 5.69 Å². The number of phenols is 1. The molecule has 2 aromatic carbocycles. The van der Waals surface area contributed by atoms with Crippen LogP contribution in [0.5, 0.6) is 5.75 Å². The summed E-state index contributed by atoms with van der Waals surface area (Å²) in [4.78, 5) is 24.8. The van der Waals surface area contributed by atoms with Gasteiger partial charge in [0.05, 0.1) is 10.5 Å². The van der Waals surface area contributed by atoms with E-state index in [1.54, 1.807) is 42.5 Å². The SMILES string of the molecule is O=C(C=Cc1ccc(-c2ccccc2[N+](=O)[O-])s1)c1ccc(O)c(CCCl)c1. The minimum atomic E-state index is -0.405. The second-order valence-electron chi connectivity index (χ2n) is 5.96. The van der Waals surface area contributed by atoms with Gasteiger partial charge >= 0.3 is 0 Å². The van der Waals surface area contributed by atoms with Crippen LogP contribution in [0.2, 0.25) is 0 Å². The van der Waals surface area contributed by atoms with E-state index in [1.165, 1.54) is 29.5 Å². The Bertz CT molecular complexity index is 1060. The van der Waals surface area contributed by atoms with Crippen molar-refractivity contribution in [3.8, 4) is 16.2 Å². The Balaban J connectivity index is 1.80. The third-order valence-electron chi connectivity index (χ3n) is 4.12. The molecule has 0 amide bonds. The van der Waals surface area contributed by atoms with Crippen LogP contribution in [-0.4, -0.2) is 21.7 Å². The smallest absolute Gasteiger partial charge is 0.278 e. The van der Waals surface area contributed by atoms with Crippen molar-refractivity contribution in [3.63, 3.8) is 0 Å². The van der Waals surface area contributed by atoms with E-state index >= 15 is 0 Å². The van der Waals surface area contributed by atoms with Crippen LogP contribution in [0.3, 0.4) is 0 Å². The summed E-state index contributed by atoms with van der Waals surface area (Å²) in [6, 6.07) is 14.9. The molecule has 0 saturated heterocycles. The molecule has 0 atom stereocenters. The number of aryl methyl sites for hydroxylation is 1. The van der Waals surface area contributed by atoms with Gasteiger partial charge in [0.25, 0.3) is 5.69 Å². The molecular weight excluding hydrogens is 398 g/mol. The normalized spacial score (nSPS) is 11.0. The predicted molar refractivity (Wildman–Crippen MR) is 112 cm³/mol. The second-order valence-corrected chi connectivity index (χ2v) is 7.45. The molecule has 28 heavy (non-hydrogen) atoms. The highest BCUT2D eigenvalue weighted by atomic mass is 35.5. The Kier molecular flexibility index (Phi) is 6.23. The van der Waals surface area contributed by atoms with E-state index in [-0.39, 0.29) is 17.2 Å². The van der Waals surface area contributed by atoms with E-state index in [2.05, 4.69) is 0 Å². The van der Waals surface area contributed by atoms with Crippen molar-refractivity contribution in [2.75, 3.05) is 5.88 Å². The zero-order chi connectivity index (χ0) is 20.1. The van der Waals surface area contributed by atoms with E-state index in [1.807, 2.05) is 6.07 Å². The number of alkyl halides is 1. The number of benzene rings is 2. The molecule has 5 nitrogen and oxygen atoms in total. The number of hydrogen-bond acceptors (Lipinski definition) is 5. The predicted octanol–water partition coefficient (Wildman–Crippen LogP) is 5.71. The quantitative estimate of drug-likeness (QED) is 0.177. The highest BCUT2D eigenvalue weighted by molar-refractivity contribution is 7.16. The van der Waals surface area contributed by atoms with Gasteiger partial charge in [-0.15, -0.1) is 22.9 Å². The number of halogens is 1. The monoisotopic (exact) mass is 413 g/mol. The summed E-state index contributed by atoms with van der Waals surface area (Å²) < 4.78 is 0. The molecule has 1 N–H and O–H groups in total. The Labute approximate surface area is 170 Å². The van der Waals surface area contributed by atoms with E-state index in [9.17, 15) is 20.0 Å². The number of aromatic hydroxyl groups is 1. The Morgan fingerprint density at radius 2 is 1.96 bits per heavy atom. The van der Waals surface area contributed by atoms with Crippen LogP contribution in [0.15, 0.2) is 60.7 Å². The van der Waals surface area contributed by atoms with Crippen molar-refractivity contribution < 1.29 is 14.8 Å². The van der Waals surface area contributed by atoms with Crippen molar-refractivity contribution in [1.82, 2.24) is 0 Å². The molecule has 0 aliphatic carbocycles. The van der Waals surface area contributed by atoms with Gasteiger partial charge in [-0.25, -0.2) is 0 Å². The van der Waals surface area contributed by atoms with Crippen LogP contribution in [0.25, 0.3) is 16.5 Å². The first-order chi connectivity index (χ1) is 13.5. The fourth-order valence-electron chi connectivity index (χ4n) is 2.72. The highest BCUT2D eigenvalue weighted by Crippen LogP contribution is 2.35. The van der Waals surface area contributed by atoms with Crippen molar-refractivity contribution in [3.05, 3.63) is 86.8 Å². The summed E-state index contributed by atoms with van der Waals surface area (Å²) in [6.45, 7) is 0. The maximum Gasteiger partial charge on any atom is 0.278 e. The molecule has 0 unspecified atom stereocenters. The maximum atomic E-state index is 12.4. The number of carbonyl (C=O) groups is 1. The second kappa shape index (κ2) is 8.82. The molecule has 3 aromatic rings. The maximum absolute atomic E-state index is 12.4. The number of allylic oxidation sites excluding steroid dienone is 1. The van der Waals surface area contributed by atoms with Crippen molar-refractivity contribution in [2.45, 2.75) is 6.42 Å². The minimum absolute atomic E-state index is 0.0480. The van der Waals surface area contributed by atoms with Gasteiger partial charge < -0.3 is 5.11 Å². The molecule has 142 valence electrons. The highest BCUT2D eigenvalue weighted by Gasteiger charge is 2.15. The lowest BCUT2D eigenvalue weighted by molar-refractivity contribution is -0.384. The number of nitro groups is 1.